The van der Waals surface area contributed by atoms with Crippen molar-refractivity contribution in [2.75, 3.05) is 13.2 Å². The zero-order chi connectivity index (χ0) is 57.8. The Morgan fingerprint density at radius 2 is 0.487 bits per heavy atom. The van der Waals surface area contributed by atoms with Crippen LogP contribution in [0.2, 0.25) is 0 Å². The van der Waals surface area contributed by atoms with Crippen molar-refractivity contribution >= 4 is 17.9 Å². The van der Waals surface area contributed by atoms with Crippen molar-refractivity contribution in [2.24, 2.45) is 0 Å². The molecule has 0 saturated carbocycles. The number of ether oxygens (including phenoxy) is 3. The van der Waals surface area contributed by atoms with Gasteiger partial charge in [-0.15, -0.1) is 0 Å². The average Bonchev–Trinajstić information content (AvgIpc) is 3.46. The Labute approximate surface area is 496 Å². The van der Waals surface area contributed by atoms with Gasteiger partial charge in [0.15, 0.2) is 6.10 Å². The Morgan fingerprint density at radius 1 is 0.263 bits per heavy atom. The highest BCUT2D eigenvalue weighted by molar-refractivity contribution is 5.71. The van der Waals surface area contributed by atoms with Crippen LogP contribution in [-0.2, 0) is 28.6 Å². The number of unbranched alkanes of at least 4 members (excludes halogenated alkanes) is 38. The van der Waals surface area contributed by atoms with E-state index in [4.69, 9.17) is 14.2 Å². The van der Waals surface area contributed by atoms with Crippen LogP contribution in [0.3, 0.4) is 0 Å². The van der Waals surface area contributed by atoms with Crippen molar-refractivity contribution in [3.63, 3.8) is 0 Å². The zero-order valence-electron chi connectivity index (χ0n) is 53.1. The molecular formula is C74H130O6. The van der Waals surface area contributed by atoms with Crippen molar-refractivity contribution < 1.29 is 28.6 Å². The van der Waals surface area contributed by atoms with E-state index >= 15 is 0 Å². The lowest BCUT2D eigenvalue weighted by Gasteiger charge is -2.18. The van der Waals surface area contributed by atoms with E-state index in [0.717, 1.165) is 96.3 Å². The number of rotatable bonds is 63. The van der Waals surface area contributed by atoms with E-state index in [0.29, 0.717) is 19.3 Å². The molecule has 0 radical (unpaired) electrons. The minimum atomic E-state index is -0.778. The van der Waals surface area contributed by atoms with E-state index in [9.17, 15) is 14.4 Å². The van der Waals surface area contributed by atoms with E-state index in [-0.39, 0.29) is 31.1 Å². The van der Waals surface area contributed by atoms with E-state index in [1.165, 1.54) is 212 Å². The first-order chi connectivity index (χ1) is 39.5. The number of hydrogen-bond donors (Lipinski definition) is 0. The van der Waals surface area contributed by atoms with Crippen molar-refractivity contribution in [1.29, 1.82) is 0 Å². The summed E-state index contributed by atoms with van der Waals surface area (Å²) in [5.74, 6) is -0.860. The molecule has 0 N–H and O–H groups in total. The third-order valence-corrected chi connectivity index (χ3v) is 15.1. The molecule has 0 rings (SSSR count). The highest BCUT2D eigenvalue weighted by Gasteiger charge is 2.19. The van der Waals surface area contributed by atoms with Gasteiger partial charge in [0.05, 0.1) is 0 Å². The minimum Gasteiger partial charge on any atom is -0.462 e. The van der Waals surface area contributed by atoms with E-state index in [1.807, 2.05) is 0 Å². The van der Waals surface area contributed by atoms with Gasteiger partial charge in [0, 0.05) is 19.3 Å². The highest BCUT2D eigenvalue weighted by Crippen LogP contribution is 2.17. The Hall–Kier alpha value is -3.41. The lowest BCUT2D eigenvalue weighted by Crippen LogP contribution is -2.30. The molecule has 0 aromatic carbocycles. The normalized spacial score (nSPS) is 12.6. The molecule has 6 nitrogen and oxygen atoms in total. The molecule has 462 valence electrons. The second-order valence-corrected chi connectivity index (χ2v) is 23.1. The maximum Gasteiger partial charge on any atom is 0.306 e. The van der Waals surface area contributed by atoms with Gasteiger partial charge in [-0.2, -0.15) is 0 Å². The van der Waals surface area contributed by atoms with Gasteiger partial charge in [-0.3, -0.25) is 14.4 Å². The van der Waals surface area contributed by atoms with Gasteiger partial charge in [-0.05, 0) is 96.3 Å². The van der Waals surface area contributed by atoms with Gasteiger partial charge < -0.3 is 14.2 Å². The van der Waals surface area contributed by atoms with Crippen molar-refractivity contribution in [3.05, 3.63) is 85.1 Å². The monoisotopic (exact) mass is 1110 g/mol. The number of hydrogen-bond acceptors (Lipinski definition) is 6. The zero-order valence-corrected chi connectivity index (χ0v) is 53.1. The predicted molar refractivity (Wildman–Crippen MR) is 348 cm³/mol. The number of carbonyl (C=O) groups excluding carboxylic acids is 3. The SMILES string of the molecule is CC/C=C\C/C=C\C/C=C\C/C=C\C/C=C\CCCCCCCCCCCCCCCC(=O)OCC(COC(=O)CCCCCCCCCCCCCCCC)OC(=O)CCCCCCCCCCC/C=C\C/C=C\CCCCC. The quantitative estimate of drug-likeness (QED) is 0.0261. The molecule has 0 aromatic rings. The molecule has 6 heteroatoms. The molecule has 0 heterocycles. The summed E-state index contributed by atoms with van der Waals surface area (Å²) in [5.41, 5.74) is 0. The van der Waals surface area contributed by atoms with Gasteiger partial charge in [0.2, 0.25) is 0 Å². The Morgan fingerprint density at radius 3 is 0.787 bits per heavy atom. The molecule has 0 aromatic heterocycles. The Bertz CT molecular complexity index is 1520. The molecule has 0 aliphatic carbocycles. The minimum absolute atomic E-state index is 0.0737. The van der Waals surface area contributed by atoms with E-state index in [2.05, 4.69) is 106 Å². The molecule has 0 bridgehead atoms. The fourth-order valence-corrected chi connectivity index (χ4v) is 9.97. The summed E-state index contributed by atoms with van der Waals surface area (Å²) in [7, 11) is 0. The van der Waals surface area contributed by atoms with Crippen molar-refractivity contribution in [3.8, 4) is 0 Å². The van der Waals surface area contributed by atoms with Gasteiger partial charge >= 0.3 is 17.9 Å². The summed E-state index contributed by atoms with van der Waals surface area (Å²) in [6.07, 6.45) is 90.3. The topological polar surface area (TPSA) is 78.9 Å². The van der Waals surface area contributed by atoms with Gasteiger partial charge in [-0.1, -0.05) is 318 Å². The van der Waals surface area contributed by atoms with Crippen molar-refractivity contribution in [2.45, 2.75) is 354 Å². The standard InChI is InChI=1S/C74H130O6/c1-4-7-10-13-16-19-22-25-28-30-32-33-34-35-36-37-38-39-40-41-43-44-46-49-52-55-58-61-64-67-73(76)79-70-71(69-78-72(75)66-63-60-57-54-51-48-27-24-21-18-15-12-9-6-3)80-74(77)68-65-62-59-56-53-50-47-45-42-31-29-26-23-20-17-14-11-8-5-2/h7,10,16-17,19-20,25-26,28-29,32-33,35-36,71H,4-6,8-9,11-15,18,21-24,27,30-31,34,37-70H2,1-3H3/b10-7-,19-16-,20-17-,28-25-,29-26-,33-32-,36-35-. The highest BCUT2D eigenvalue weighted by atomic mass is 16.6. The third kappa shape index (κ3) is 65.4. The lowest BCUT2D eigenvalue weighted by molar-refractivity contribution is -0.167. The van der Waals surface area contributed by atoms with E-state index < -0.39 is 6.10 Å². The van der Waals surface area contributed by atoms with E-state index in [1.54, 1.807) is 0 Å². The van der Waals surface area contributed by atoms with Crippen LogP contribution in [0.25, 0.3) is 0 Å². The third-order valence-electron chi connectivity index (χ3n) is 15.1. The molecule has 0 aliphatic heterocycles. The molecule has 0 spiro atoms. The fourth-order valence-electron chi connectivity index (χ4n) is 9.97. The molecule has 0 aliphatic rings. The maximum absolute atomic E-state index is 12.9. The largest absolute Gasteiger partial charge is 0.462 e. The molecule has 0 fully saturated rings. The van der Waals surface area contributed by atoms with Crippen molar-refractivity contribution in [1.82, 2.24) is 0 Å². The van der Waals surface area contributed by atoms with Crippen LogP contribution in [0.1, 0.15) is 348 Å². The summed E-state index contributed by atoms with van der Waals surface area (Å²) in [5, 5.41) is 0. The number of esters is 3. The fraction of sp³-hybridized carbons (Fsp3) is 0.770. The molecule has 0 saturated heterocycles. The number of carbonyl (C=O) groups is 3. The van der Waals surface area contributed by atoms with Crippen LogP contribution in [0.5, 0.6) is 0 Å². The molecule has 1 atom stereocenters. The van der Waals surface area contributed by atoms with Gasteiger partial charge in [0.1, 0.15) is 13.2 Å². The first-order valence-corrected chi connectivity index (χ1v) is 34.6. The second kappa shape index (κ2) is 68.1. The Kier molecular flexibility index (Phi) is 65.2. The average molecular weight is 1120 g/mol. The maximum atomic E-state index is 12.9. The van der Waals surface area contributed by atoms with Crippen LogP contribution in [0.4, 0.5) is 0 Å². The van der Waals surface area contributed by atoms with Crippen LogP contribution < -0.4 is 0 Å². The van der Waals surface area contributed by atoms with Gasteiger partial charge in [-0.25, -0.2) is 0 Å². The summed E-state index contributed by atoms with van der Waals surface area (Å²) in [6.45, 7) is 6.55. The Balaban J connectivity index is 4.26. The van der Waals surface area contributed by atoms with Crippen LogP contribution in [-0.4, -0.2) is 37.2 Å². The summed E-state index contributed by atoms with van der Waals surface area (Å²) >= 11 is 0. The molecule has 1 unspecified atom stereocenters. The summed E-state index contributed by atoms with van der Waals surface area (Å²) in [4.78, 5) is 38.4. The van der Waals surface area contributed by atoms with Crippen LogP contribution in [0.15, 0.2) is 85.1 Å². The summed E-state index contributed by atoms with van der Waals surface area (Å²) < 4.78 is 17.0. The smallest absolute Gasteiger partial charge is 0.306 e. The summed E-state index contributed by atoms with van der Waals surface area (Å²) in [6, 6.07) is 0. The van der Waals surface area contributed by atoms with Gasteiger partial charge in [0.25, 0.3) is 0 Å². The van der Waals surface area contributed by atoms with Crippen LogP contribution >= 0.6 is 0 Å². The van der Waals surface area contributed by atoms with Crippen LogP contribution in [0, 0.1) is 0 Å². The second-order valence-electron chi connectivity index (χ2n) is 23.1. The molecule has 0 amide bonds. The predicted octanol–water partition coefficient (Wildman–Crippen LogP) is 23.8. The molecule has 80 heavy (non-hydrogen) atoms. The first-order valence-electron chi connectivity index (χ1n) is 34.6. The molecular weight excluding hydrogens is 985 g/mol. The first kappa shape index (κ1) is 76.6. The lowest BCUT2D eigenvalue weighted by atomic mass is 10.0. The number of allylic oxidation sites excluding steroid dienone is 14.